The number of carbonyl (C=O) groups is 3. The predicted molar refractivity (Wildman–Crippen MR) is 374 cm³/mol. The van der Waals surface area contributed by atoms with E-state index in [1.807, 2.05) is 6.08 Å². The minimum absolute atomic E-state index is 0.0219. The van der Waals surface area contributed by atoms with Crippen LogP contribution in [0, 0.1) is 5.92 Å². The van der Waals surface area contributed by atoms with Crippen molar-refractivity contribution < 1.29 is 117 Å². The Labute approximate surface area is 591 Å². The zero-order chi connectivity index (χ0) is 72.6. The Kier molecular flexibility index (Phi) is 50.0. The molecule has 1 saturated carbocycles. The molecule has 3 fully saturated rings. The van der Waals surface area contributed by atoms with Crippen molar-refractivity contribution in [3.63, 3.8) is 0 Å². The molecule has 25 heteroatoms. The van der Waals surface area contributed by atoms with E-state index >= 15 is 0 Å². The number of carbonyl (C=O) groups excluding carboxylic acids is 3. The maximum Gasteiger partial charge on any atom is 0.472 e. The second-order valence-electron chi connectivity index (χ2n) is 27.7. The van der Waals surface area contributed by atoms with E-state index in [1.165, 1.54) is 141 Å². The van der Waals surface area contributed by atoms with E-state index in [1.54, 1.807) is 6.08 Å². The minimum Gasteiger partial charge on any atom is -0.462 e. The normalized spacial score (nSPS) is 28.0. The Bertz CT molecular complexity index is 2210. The van der Waals surface area contributed by atoms with Gasteiger partial charge in [-0.15, -0.1) is 0 Å². The lowest BCUT2D eigenvalue weighted by atomic mass is 9.84. The van der Waals surface area contributed by atoms with Gasteiger partial charge < -0.3 is 89.1 Å². The SMILES string of the molecule is CCCCCCCC/C=C\CCCCCC(=O)OCC(COP(=O)(O)OC1C(OC2OC(CO)C(O)C(O)C2O)C(O)C(O)C(O)C1OC1OC(COC(=O)/C=C/C=C/CCCCCCCCCCCCC)C(O)C(O)C1O)OC(=O)CCCCCCCCC(C)CCCCCCCC. The molecule has 2 heterocycles. The molecule has 3 rings (SSSR count). The van der Waals surface area contributed by atoms with Gasteiger partial charge in [-0.3, -0.25) is 18.6 Å². The fraction of sp³-hybridized carbons (Fsp3) is 0.878. The molecule has 11 N–H and O–H groups in total. The van der Waals surface area contributed by atoms with Crippen molar-refractivity contribution >= 4 is 25.7 Å². The number of aliphatic hydroxyl groups excluding tert-OH is 10. The third-order valence-corrected chi connectivity index (χ3v) is 19.9. The molecule has 19 unspecified atom stereocenters. The van der Waals surface area contributed by atoms with E-state index in [0.717, 1.165) is 96.0 Å². The summed E-state index contributed by atoms with van der Waals surface area (Å²) >= 11 is 0. The van der Waals surface area contributed by atoms with Gasteiger partial charge in [0.25, 0.3) is 0 Å². The number of unbranched alkanes of at least 4 members (excludes halogenated alkanes) is 30. The molecule has 0 aromatic heterocycles. The van der Waals surface area contributed by atoms with Gasteiger partial charge in [-0.1, -0.05) is 244 Å². The van der Waals surface area contributed by atoms with Crippen molar-refractivity contribution in [1.82, 2.24) is 0 Å². The molecule has 1 aliphatic carbocycles. The third-order valence-electron chi connectivity index (χ3n) is 18.9. The van der Waals surface area contributed by atoms with E-state index in [2.05, 4.69) is 39.8 Å². The molecule has 19 atom stereocenters. The summed E-state index contributed by atoms with van der Waals surface area (Å²) in [5.41, 5.74) is 0. The van der Waals surface area contributed by atoms with Gasteiger partial charge >= 0.3 is 25.7 Å². The zero-order valence-corrected chi connectivity index (χ0v) is 61.3. The fourth-order valence-electron chi connectivity index (χ4n) is 12.6. The van der Waals surface area contributed by atoms with Crippen molar-refractivity contribution in [2.75, 3.05) is 26.4 Å². The maximum absolute atomic E-state index is 14.3. The van der Waals surface area contributed by atoms with Crippen LogP contribution in [0.5, 0.6) is 0 Å². The molecule has 2 saturated heterocycles. The molecule has 3 aliphatic rings. The lowest BCUT2D eigenvalue weighted by Crippen LogP contribution is -2.69. The second kappa shape index (κ2) is 54.7. The standard InChI is InChI=1S/C74H133O24P/c1-5-8-11-14-17-19-21-23-24-26-28-30-32-38-43-48-59(77)91-53-57-62(80)64(82)69(87)74(95-57)97-71-67(85)65(83)66(84)70(96-73-68(86)63(81)61(79)56(50-75)94-73)72(71)98-99(88,89)92-52-55(51-90-58(76)47-42-37-31-29-27-25-22-20-18-15-12-9-6-2)93-60(78)49-44-39-34-33-36-41-46-54(4)45-40-35-16-13-10-7-3/h25,27,32,38,43,48,54-57,61-75,79-87H,5-24,26,28-31,33-37,39-42,44-47,49-53H2,1-4H3,(H,88,89)/b27-25-,38-32+,48-43+. The van der Waals surface area contributed by atoms with Crippen molar-refractivity contribution in [3.8, 4) is 0 Å². The predicted octanol–water partition coefficient (Wildman–Crippen LogP) is 10.5. The summed E-state index contributed by atoms with van der Waals surface area (Å²) in [6.45, 7) is 5.65. The van der Waals surface area contributed by atoms with Gasteiger partial charge in [0.15, 0.2) is 18.7 Å². The first-order chi connectivity index (χ1) is 47.7. The summed E-state index contributed by atoms with van der Waals surface area (Å²) < 4.78 is 64.9. The van der Waals surface area contributed by atoms with Crippen LogP contribution >= 0.6 is 7.82 Å². The first-order valence-corrected chi connectivity index (χ1v) is 39.7. The Balaban J connectivity index is 1.76. The monoisotopic (exact) mass is 1440 g/mol. The summed E-state index contributed by atoms with van der Waals surface area (Å²) in [6, 6.07) is 0. The number of rotatable bonds is 58. The van der Waals surface area contributed by atoms with Crippen molar-refractivity contribution in [2.24, 2.45) is 5.92 Å². The molecule has 0 radical (unpaired) electrons. The highest BCUT2D eigenvalue weighted by molar-refractivity contribution is 7.47. The lowest BCUT2D eigenvalue weighted by molar-refractivity contribution is -0.360. The molecule has 0 aromatic rings. The summed E-state index contributed by atoms with van der Waals surface area (Å²) in [6.07, 6.45) is 15.7. The molecule has 0 amide bonds. The van der Waals surface area contributed by atoms with Gasteiger partial charge in [-0.25, -0.2) is 9.36 Å². The van der Waals surface area contributed by atoms with Crippen LogP contribution in [0.2, 0.25) is 0 Å². The summed E-state index contributed by atoms with van der Waals surface area (Å²) in [5.74, 6) is -1.57. The average molecular weight is 1440 g/mol. The van der Waals surface area contributed by atoms with Crippen LogP contribution < -0.4 is 0 Å². The number of allylic oxidation sites excluding steroid dienone is 5. The van der Waals surface area contributed by atoms with E-state index in [4.69, 9.17) is 42.2 Å². The Hall–Kier alpha value is -2.82. The first-order valence-electron chi connectivity index (χ1n) is 38.2. The number of ether oxygens (including phenoxy) is 7. The van der Waals surface area contributed by atoms with Crippen LogP contribution in [0.3, 0.4) is 0 Å². The van der Waals surface area contributed by atoms with E-state index in [9.17, 15) is 74.9 Å². The van der Waals surface area contributed by atoms with E-state index in [-0.39, 0.29) is 12.8 Å². The smallest absolute Gasteiger partial charge is 0.462 e. The third kappa shape index (κ3) is 38.1. The lowest BCUT2D eigenvalue weighted by Gasteiger charge is -2.49. The van der Waals surface area contributed by atoms with Gasteiger partial charge in [0, 0.05) is 18.9 Å². The highest BCUT2D eigenvalue weighted by atomic mass is 31.2. The zero-order valence-electron chi connectivity index (χ0n) is 60.4. The molecular weight excluding hydrogens is 1300 g/mol. The largest absolute Gasteiger partial charge is 0.472 e. The van der Waals surface area contributed by atoms with Crippen LogP contribution in [0.25, 0.3) is 0 Å². The van der Waals surface area contributed by atoms with Crippen LogP contribution in [-0.4, -0.2) is 204 Å². The molecule has 99 heavy (non-hydrogen) atoms. The van der Waals surface area contributed by atoms with Crippen LogP contribution in [0.1, 0.15) is 278 Å². The number of aliphatic hydroxyl groups is 10. The number of hydrogen-bond donors (Lipinski definition) is 11. The van der Waals surface area contributed by atoms with Gasteiger partial charge in [0.2, 0.25) is 0 Å². The Morgan fingerprint density at radius 2 is 0.848 bits per heavy atom. The molecule has 2 aliphatic heterocycles. The summed E-state index contributed by atoms with van der Waals surface area (Å²) in [4.78, 5) is 50.9. The summed E-state index contributed by atoms with van der Waals surface area (Å²) in [7, 11) is -5.71. The van der Waals surface area contributed by atoms with Gasteiger partial charge in [-0.2, -0.15) is 0 Å². The van der Waals surface area contributed by atoms with Crippen molar-refractivity contribution in [2.45, 2.75) is 382 Å². The fourth-order valence-corrected chi connectivity index (χ4v) is 13.5. The molecule has 0 aromatic carbocycles. The van der Waals surface area contributed by atoms with Gasteiger partial charge in [0.1, 0.15) is 98.7 Å². The summed E-state index contributed by atoms with van der Waals surface area (Å²) in [5, 5.41) is 110. The first kappa shape index (κ1) is 90.4. The van der Waals surface area contributed by atoms with Crippen molar-refractivity contribution in [1.29, 1.82) is 0 Å². The molecule has 0 bridgehead atoms. The maximum atomic E-state index is 14.3. The number of hydrogen-bond acceptors (Lipinski definition) is 23. The van der Waals surface area contributed by atoms with Crippen LogP contribution in [0.4, 0.5) is 0 Å². The Morgan fingerprint density at radius 3 is 1.33 bits per heavy atom. The molecule has 0 spiro atoms. The molecular formula is C74H133O24P. The number of phosphoric ester groups is 1. The van der Waals surface area contributed by atoms with E-state index < -0.39 is 156 Å². The topological polar surface area (TPSA) is 374 Å². The minimum atomic E-state index is -5.71. The Morgan fingerprint density at radius 1 is 0.444 bits per heavy atom. The molecule has 24 nitrogen and oxygen atoms in total. The second-order valence-corrected chi connectivity index (χ2v) is 29.1. The highest BCUT2D eigenvalue weighted by Crippen LogP contribution is 2.49. The average Bonchev–Trinajstić information content (AvgIpc) is 0.762. The highest BCUT2D eigenvalue weighted by Gasteiger charge is 2.58. The molecule has 578 valence electrons. The van der Waals surface area contributed by atoms with E-state index in [0.29, 0.717) is 18.8 Å². The number of phosphoric acid groups is 1. The van der Waals surface area contributed by atoms with Gasteiger partial charge in [-0.05, 0) is 57.3 Å². The van der Waals surface area contributed by atoms with Crippen LogP contribution in [-0.2, 0) is 61.2 Å². The van der Waals surface area contributed by atoms with Crippen LogP contribution in [0.15, 0.2) is 36.5 Å². The number of esters is 3. The van der Waals surface area contributed by atoms with Crippen molar-refractivity contribution in [3.05, 3.63) is 36.5 Å². The van der Waals surface area contributed by atoms with Gasteiger partial charge in [0.05, 0.1) is 13.2 Å². The quantitative estimate of drug-likeness (QED) is 0.00512.